The van der Waals surface area contributed by atoms with Gasteiger partial charge in [-0.2, -0.15) is 0 Å². The molecule has 2 aromatic rings. The molecule has 3 rings (SSSR count). The first-order valence-electron chi connectivity index (χ1n) is 10.1. The highest BCUT2D eigenvalue weighted by molar-refractivity contribution is 6.30. The Bertz CT molecular complexity index is 933. The van der Waals surface area contributed by atoms with Gasteiger partial charge in [0.05, 0.1) is 7.11 Å². The molecule has 0 bridgehead atoms. The summed E-state index contributed by atoms with van der Waals surface area (Å²) in [6.45, 7) is 1.12. The zero-order valence-corrected chi connectivity index (χ0v) is 19.0. The van der Waals surface area contributed by atoms with Gasteiger partial charge in [0.1, 0.15) is 5.75 Å². The Hall–Kier alpha value is -2.77. The van der Waals surface area contributed by atoms with Gasteiger partial charge in [0.2, 0.25) is 0 Å². The summed E-state index contributed by atoms with van der Waals surface area (Å²) in [6.07, 6.45) is -1.14. The normalized spacial score (nSPS) is 18.4. The molecule has 2 amide bonds. The number of hydrogen-bond acceptors (Lipinski definition) is 5. The summed E-state index contributed by atoms with van der Waals surface area (Å²) in [5.74, 6) is 0.0770. The number of methoxy groups -OCH3 is 1. The summed E-state index contributed by atoms with van der Waals surface area (Å²) in [6, 6.07) is 13.0. The van der Waals surface area contributed by atoms with Crippen LogP contribution in [0.1, 0.15) is 17.0 Å². The number of benzene rings is 2. The van der Waals surface area contributed by atoms with Crippen LogP contribution in [0.5, 0.6) is 5.75 Å². The van der Waals surface area contributed by atoms with Gasteiger partial charge in [-0.05, 0) is 62.0 Å². The van der Waals surface area contributed by atoms with E-state index in [0.29, 0.717) is 30.3 Å². The lowest BCUT2D eigenvalue weighted by Gasteiger charge is -2.29. The summed E-state index contributed by atoms with van der Waals surface area (Å²) >= 11 is 6.29. The maximum atomic E-state index is 13.7. The quantitative estimate of drug-likeness (QED) is 0.738. The van der Waals surface area contributed by atoms with E-state index in [9.17, 15) is 9.59 Å². The summed E-state index contributed by atoms with van der Waals surface area (Å²) in [5, 5.41) is 3.05. The molecule has 0 aromatic heterocycles. The SMILES string of the molecule is CNC(=O)O[C@H]1C(=O)N(CCN(C)C)c2ccc(Cl)cc2C[C@H]1c1ccc(OC)cc1. The molecule has 0 spiro atoms. The maximum Gasteiger partial charge on any atom is 0.407 e. The van der Waals surface area contributed by atoms with Crippen molar-refractivity contribution in [1.29, 1.82) is 0 Å². The van der Waals surface area contributed by atoms with Gasteiger partial charge in [-0.15, -0.1) is 0 Å². The third-order valence-electron chi connectivity index (χ3n) is 5.40. The van der Waals surface area contributed by atoms with E-state index in [4.69, 9.17) is 21.1 Å². The van der Waals surface area contributed by atoms with Gasteiger partial charge in [-0.1, -0.05) is 23.7 Å². The Morgan fingerprint density at radius 3 is 2.55 bits per heavy atom. The highest BCUT2D eigenvalue weighted by Crippen LogP contribution is 2.38. The second-order valence-electron chi connectivity index (χ2n) is 7.73. The number of alkyl carbamates (subject to hydrolysis) is 1. The van der Waals surface area contributed by atoms with Gasteiger partial charge in [-0.25, -0.2) is 4.79 Å². The lowest BCUT2D eigenvalue weighted by molar-refractivity contribution is -0.127. The molecular formula is C23H28ClN3O4. The molecule has 2 atom stereocenters. The molecule has 1 N–H and O–H groups in total. The minimum absolute atomic E-state index is 0.257. The van der Waals surface area contributed by atoms with Gasteiger partial charge >= 0.3 is 6.09 Å². The number of amides is 2. The van der Waals surface area contributed by atoms with Crippen molar-refractivity contribution in [3.05, 3.63) is 58.6 Å². The van der Waals surface area contributed by atoms with Crippen molar-refractivity contribution in [2.75, 3.05) is 46.2 Å². The fourth-order valence-corrected chi connectivity index (χ4v) is 3.95. The number of carbonyl (C=O) groups is 2. The Morgan fingerprint density at radius 2 is 1.94 bits per heavy atom. The van der Waals surface area contributed by atoms with Gasteiger partial charge in [0, 0.05) is 36.8 Å². The number of fused-ring (bicyclic) bond motifs is 1. The molecule has 31 heavy (non-hydrogen) atoms. The average molecular weight is 446 g/mol. The van der Waals surface area contributed by atoms with Crippen LogP contribution in [0.3, 0.4) is 0 Å². The molecule has 7 nitrogen and oxygen atoms in total. The van der Waals surface area contributed by atoms with Gasteiger partial charge < -0.3 is 24.6 Å². The summed E-state index contributed by atoms with van der Waals surface area (Å²) in [7, 11) is 6.97. The van der Waals surface area contributed by atoms with Crippen molar-refractivity contribution < 1.29 is 19.1 Å². The highest BCUT2D eigenvalue weighted by atomic mass is 35.5. The first kappa shape index (κ1) is 22.9. The van der Waals surface area contributed by atoms with Gasteiger partial charge in [0.25, 0.3) is 5.91 Å². The molecule has 8 heteroatoms. The number of nitrogens with zero attached hydrogens (tertiary/aromatic N) is 2. The zero-order valence-electron chi connectivity index (χ0n) is 18.2. The molecule has 1 heterocycles. The fourth-order valence-electron chi connectivity index (χ4n) is 3.75. The summed E-state index contributed by atoms with van der Waals surface area (Å²) < 4.78 is 10.9. The van der Waals surface area contributed by atoms with Crippen LogP contribution < -0.4 is 15.0 Å². The molecule has 0 fully saturated rings. The number of likely N-dealkylation sites (N-methyl/N-ethyl adjacent to an activating group) is 1. The minimum atomic E-state index is -0.985. The van der Waals surface area contributed by atoms with E-state index in [1.807, 2.05) is 55.4 Å². The van der Waals surface area contributed by atoms with Crippen molar-refractivity contribution in [1.82, 2.24) is 10.2 Å². The topological polar surface area (TPSA) is 71.1 Å². The van der Waals surface area contributed by atoms with Crippen molar-refractivity contribution in [3.63, 3.8) is 0 Å². The molecule has 0 radical (unpaired) electrons. The third-order valence-corrected chi connectivity index (χ3v) is 5.64. The summed E-state index contributed by atoms with van der Waals surface area (Å²) in [4.78, 5) is 29.6. The number of hydrogen-bond donors (Lipinski definition) is 1. The van der Waals surface area contributed by atoms with Gasteiger partial charge in [0.15, 0.2) is 6.10 Å². The first-order valence-corrected chi connectivity index (χ1v) is 10.5. The van der Waals surface area contributed by atoms with Crippen LogP contribution in [0.25, 0.3) is 0 Å². The van der Waals surface area contributed by atoms with E-state index in [-0.39, 0.29) is 11.8 Å². The minimum Gasteiger partial charge on any atom is -0.497 e. The number of ether oxygens (including phenoxy) is 2. The first-order chi connectivity index (χ1) is 14.8. The molecule has 1 aliphatic heterocycles. The van der Waals surface area contributed by atoms with Crippen molar-refractivity contribution in [2.45, 2.75) is 18.4 Å². The maximum absolute atomic E-state index is 13.7. The molecule has 2 aromatic carbocycles. The summed E-state index contributed by atoms with van der Waals surface area (Å²) in [5.41, 5.74) is 2.60. The number of carbonyl (C=O) groups excluding carboxylic acids is 2. The highest BCUT2D eigenvalue weighted by Gasteiger charge is 2.40. The third kappa shape index (κ3) is 5.29. The lowest BCUT2D eigenvalue weighted by Crippen LogP contribution is -2.46. The second-order valence-corrected chi connectivity index (χ2v) is 8.16. The number of nitrogens with one attached hydrogen (secondary N) is 1. The van der Waals surface area contributed by atoms with Crippen LogP contribution in [-0.4, -0.2) is 64.3 Å². The number of halogens is 1. The smallest absolute Gasteiger partial charge is 0.407 e. The largest absolute Gasteiger partial charge is 0.497 e. The number of rotatable bonds is 6. The van der Waals surface area contributed by atoms with E-state index in [1.165, 1.54) is 7.05 Å². The van der Waals surface area contributed by atoms with E-state index in [2.05, 4.69) is 5.32 Å². The molecule has 0 saturated carbocycles. The van der Waals surface area contributed by atoms with Crippen LogP contribution in [-0.2, 0) is 16.0 Å². The van der Waals surface area contributed by atoms with Crippen LogP contribution >= 0.6 is 11.6 Å². The Morgan fingerprint density at radius 1 is 1.23 bits per heavy atom. The van der Waals surface area contributed by atoms with Crippen molar-refractivity contribution in [2.24, 2.45) is 0 Å². The molecule has 166 valence electrons. The predicted molar refractivity (Wildman–Crippen MR) is 121 cm³/mol. The Balaban J connectivity index is 2.09. The predicted octanol–water partition coefficient (Wildman–Crippen LogP) is 3.31. The second kappa shape index (κ2) is 10.0. The van der Waals surface area contributed by atoms with E-state index < -0.39 is 12.2 Å². The lowest BCUT2D eigenvalue weighted by atomic mass is 9.87. The van der Waals surface area contributed by atoms with Crippen molar-refractivity contribution in [3.8, 4) is 5.75 Å². The van der Waals surface area contributed by atoms with Crippen LogP contribution in [0.2, 0.25) is 5.02 Å². The molecule has 0 unspecified atom stereocenters. The fraction of sp³-hybridized carbons (Fsp3) is 0.391. The average Bonchev–Trinajstić information content (AvgIpc) is 2.86. The van der Waals surface area contributed by atoms with Crippen LogP contribution in [0, 0.1) is 0 Å². The molecule has 0 aliphatic carbocycles. The monoisotopic (exact) mass is 445 g/mol. The molecular weight excluding hydrogens is 418 g/mol. The Kier molecular flexibility index (Phi) is 7.41. The number of anilines is 1. The van der Waals surface area contributed by atoms with Crippen LogP contribution in [0.15, 0.2) is 42.5 Å². The van der Waals surface area contributed by atoms with E-state index in [1.54, 1.807) is 18.1 Å². The van der Waals surface area contributed by atoms with Crippen LogP contribution in [0.4, 0.5) is 10.5 Å². The molecule has 1 aliphatic rings. The zero-order chi connectivity index (χ0) is 22.5. The van der Waals surface area contributed by atoms with E-state index in [0.717, 1.165) is 16.8 Å². The van der Waals surface area contributed by atoms with Crippen molar-refractivity contribution >= 4 is 29.3 Å². The Labute approximate surface area is 187 Å². The van der Waals surface area contributed by atoms with Gasteiger partial charge in [-0.3, -0.25) is 4.79 Å². The standard InChI is InChI=1S/C23H28ClN3O4/c1-25-23(29)31-21-19(15-5-8-18(30-4)9-6-15)14-16-13-17(24)7-10-20(16)27(22(21)28)12-11-26(2)3/h5-10,13,19,21H,11-12,14H2,1-4H3,(H,25,29)/t19-,21+/m0/s1. The molecule has 0 saturated heterocycles. The van der Waals surface area contributed by atoms with E-state index >= 15 is 0 Å².